The maximum Gasteiger partial charge on any atom is 0.270 e. The number of carbonyl (C=O) groups excluding carboxylic acids is 1. The molecular weight excluding hydrogens is 454 g/mol. The lowest BCUT2D eigenvalue weighted by Gasteiger charge is -2.36. The van der Waals surface area contributed by atoms with E-state index in [1.54, 1.807) is 36.5 Å². The number of benzene rings is 2. The van der Waals surface area contributed by atoms with Crippen molar-refractivity contribution in [2.45, 2.75) is 31.7 Å². The number of nitrogens with zero attached hydrogens (tertiary/aromatic N) is 3. The SMILES string of the molecule is C=C(SN=NCC)C(=O)NC(Cc1ccccc1)(c1cccc(C(C)(F)F)c1)c1ccccn1. The molecule has 176 valence electrons. The van der Waals surface area contributed by atoms with Gasteiger partial charge in [-0.15, -0.1) is 4.52 Å². The van der Waals surface area contributed by atoms with Gasteiger partial charge in [-0.1, -0.05) is 61.2 Å². The quantitative estimate of drug-likeness (QED) is 0.207. The van der Waals surface area contributed by atoms with Crippen LogP contribution in [0.1, 0.15) is 36.2 Å². The summed E-state index contributed by atoms with van der Waals surface area (Å²) in [7, 11) is 0. The summed E-state index contributed by atoms with van der Waals surface area (Å²) in [5, 5.41) is 6.91. The molecule has 3 rings (SSSR count). The van der Waals surface area contributed by atoms with Gasteiger partial charge in [0.1, 0.15) is 5.54 Å². The Bertz CT molecular complexity index is 1150. The summed E-state index contributed by atoms with van der Waals surface area (Å²) in [5.74, 6) is -3.54. The van der Waals surface area contributed by atoms with E-state index in [1.165, 1.54) is 12.1 Å². The second kappa shape index (κ2) is 11.2. The van der Waals surface area contributed by atoms with Crippen LogP contribution in [0.2, 0.25) is 0 Å². The number of nitrogens with one attached hydrogen (secondary N) is 1. The van der Waals surface area contributed by atoms with E-state index >= 15 is 0 Å². The molecule has 1 N–H and O–H groups in total. The maximum absolute atomic E-state index is 14.3. The first-order valence-corrected chi connectivity index (χ1v) is 11.5. The van der Waals surface area contributed by atoms with Crippen LogP contribution in [0, 0.1) is 0 Å². The van der Waals surface area contributed by atoms with Gasteiger partial charge in [0.2, 0.25) is 0 Å². The number of pyridine rings is 1. The summed E-state index contributed by atoms with van der Waals surface area (Å²) in [6.07, 6.45) is 1.89. The fraction of sp³-hybridized carbons (Fsp3) is 0.231. The smallest absolute Gasteiger partial charge is 0.270 e. The Morgan fingerprint density at radius 1 is 1.06 bits per heavy atom. The number of alkyl halides is 2. The van der Waals surface area contributed by atoms with E-state index in [9.17, 15) is 13.6 Å². The van der Waals surface area contributed by atoms with Crippen molar-refractivity contribution < 1.29 is 13.6 Å². The van der Waals surface area contributed by atoms with Crippen molar-refractivity contribution in [3.05, 3.63) is 113 Å². The Kier molecular flexibility index (Phi) is 8.28. The van der Waals surface area contributed by atoms with Crippen LogP contribution < -0.4 is 5.32 Å². The molecule has 0 radical (unpaired) electrons. The molecule has 1 heterocycles. The largest absolute Gasteiger partial charge is 0.336 e. The molecule has 0 aliphatic rings. The zero-order valence-corrected chi connectivity index (χ0v) is 19.9. The summed E-state index contributed by atoms with van der Waals surface area (Å²) in [6.45, 7) is 6.97. The molecule has 0 aliphatic heterocycles. The predicted molar refractivity (Wildman–Crippen MR) is 131 cm³/mol. The van der Waals surface area contributed by atoms with Crippen molar-refractivity contribution in [3.8, 4) is 0 Å². The van der Waals surface area contributed by atoms with Gasteiger partial charge in [0, 0.05) is 37.1 Å². The van der Waals surface area contributed by atoms with Crippen LogP contribution in [-0.2, 0) is 22.7 Å². The molecule has 0 aliphatic carbocycles. The third-order valence-corrected chi connectivity index (χ3v) is 5.81. The van der Waals surface area contributed by atoms with Gasteiger partial charge >= 0.3 is 0 Å². The molecule has 8 heteroatoms. The highest BCUT2D eigenvalue weighted by Crippen LogP contribution is 2.36. The summed E-state index contributed by atoms with van der Waals surface area (Å²) in [5.41, 5.74) is 0.489. The fourth-order valence-corrected chi connectivity index (χ4v) is 3.94. The first-order valence-electron chi connectivity index (χ1n) is 10.8. The third-order valence-electron chi connectivity index (χ3n) is 5.21. The average Bonchev–Trinajstić information content (AvgIpc) is 2.84. The summed E-state index contributed by atoms with van der Waals surface area (Å²) < 4.78 is 32.4. The lowest BCUT2D eigenvalue weighted by atomic mass is 9.79. The lowest BCUT2D eigenvalue weighted by Crippen LogP contribution is -2.49. The number of hydrogen-bond donors (Lipinski definition) is 1. The zero-order chi connectivity index (χ0) is 24.6. The monoisotopic (exact) mass is 480 g/mol. The summed E-state index contributed by atoms with van der Waals surface area (Å²) >= 11 is 0.865. The Hall–Kier alpha value is -3.39. The first kappa shape index (κ1) is 25.2. The number of hydrogen-bond acceptors (Lipinski definition) is 5. The van der Waals surface area contributed by atoms with Crippen molar-refractivity contribution >= 4 is 17.9 Å². The normalized spacial score (nSPS) is 13.4. The van der Waals surface area contributed by atoms with Crippen LogP contribution in [0.25, 0.3) is 0 Å². The third kappa shape index (κ3) is 6.14. The van der Waals surface area contributed by atoms with Gasteiger partial charge in [-0.05, 0) is 36.2 Å². The van der Waals surface area contributed by atoms with Crippen molar-refractivity contribution in [2.24, 2.45) is 9.63 Å². The lowest BCUT2D eigenvalue weighted by molar-refractivity contribution is -0.118. The Labute approximate surface area is 202 Å². The second-order valence-electron chi connectivity index (χ2n) is 7.76. The minimum absolute atomic E-state index is 0.127. The minimum atomic E-state index is -3.05. The topological polar surface area (TPSA) is 66.7 Å². The fourth-order valence-electron chi connectivity index (χ4n) is 3.54. The highest BCUT2D eigenvalue weighted by molar-refractivity contribution is 8.02. The van der Waals surface area contributed by atoms with Crippen LogP contribution in [0.15, 0.2) is 100 Å². The van der Waals surface area contributed by atoms with Gasteiger partial charge in [0.05, 0.1) is 17.1 Å². The molecule has 0 spiro atoms. The molecule has 3 aromatic rings. The molecule has 0 bridgehead atoms. The summed E-state index contributed by atoms with van der Waals surface area (Å²) in [4.78, 5) is 17.9. The van der Waals surface area contributed by atoms with Crippen molar-refractivity contribution in [1.82, 2.24) is 10.3 Å². The Morgan fingerprint density at radius 2 is 1.76 bits per heavy atom. The van der Waals surface area contributed by atoms with E-state index in [1.807, 2.05) is 37.3 Å². The molecule has 1 unspecified atom stereocenters. The Balaban J connectivity index is 2.18. The van der Waals surface area contributed by atoms with Crippen LogP contribution in [0.4, 0.5) is 8.78 Å². The molecular formula is C26H26F2N4OS. The van der Waals surface area contributed by atoms with E-state index in [-0.39, 0.29) is 16.9 Å². The molecule has 0 saturated heterocycles. The van der Waals surface area contributed by atoms with Gasteiger partial charge in [-0.2, -0.15) is 5.11 Å². The second-order valence-corrected chi connectivity index (χ2v) is 8.60. The van der Waals surface area contributed by atoms with Crippen LogP contribution in [-0.4, -0.2) is 17.4 Å². The number of aromatic nitrogens is 1. The van der Waals surface area contributed by atoms with Gasteiger partial charge in [0.25, 0.3) is 11.8 Å². The molecule has 1 atom stereocenters. The standard InChI is InChI=1S/C26H26F2N4OS/c1-4-30-32-34-19(2)24(33)31-26(23-15-8-9-16-29-23,18-20-11-6-5-7-12-20)22-14-10-13-21(17-22)25(3,27)28/h5-17H,2,4,18H2,1,3H3,(H,31,33). The Morgan fingerprint density at radius 3 is 2.41 bits per heavy atom. The molecule has 0 fully saturated rings. The zero-order valence-electron chi connectivity index (χ0n) is 19.0. The van der Waals surface area contributed by atoms with Gasteiger partial charge in [-0.3, -0.25) is 9.78 Å². The number of halogens is 2. The maximum atomic E-state index is 14.3. The van der Waals surface area contributed by atoms with Crippen LogP contribution in [0.5, 0.6) is 0 Å². The molecule has 5 nitrogen and oxygen atoms in total. The highest BCUT2D eigenvalue weighted by Gasteiger charge is 2.39. The molecule has 2 aromatic carbocycles. The highest BCUT2D eigenvalue weighted by atomic mass is 32.2. The number of carbonyl (C=O) groups is 1. The van der Waals surface area contributed by atoms with Crippen LogP contribution >= 0.6 is 11.9 Å². The van der Waals surface area contributed by atoms with E-state index in [2.05, 4.69) is 26.5 Å². The van der Waals surface area contributed by atoms with Crippen molar-refractivity contribution in [3.63, 3.8) is 0 Å². The van der Waals surface area contributed by atoms with E-state index in [4.69, 9.17) is 0 Å². The molecule has 1 aromatic heterocycles. The average molecular weight is 481 g/mol. The summed E-state index contributed by atoms with van der Waals surface area (Å²) in [6, 6.07) is 20.9. The number of rotatable bonds is 10. The van der Waals surface area contributed by atoms with Crippen molar-refractivity contribution in [2.75, 3.05) is 6.54 Å². The van der Waals surface area contributed by atoms with E-state index in [0.29, 0.717) is 17.8 Å². The number of amides is 1. The van der Waals surface area contributed by atoms with Gasteiger partial charge in [-0.25, -0.2) is 8.78 Å². The van der Waals surface area contributed by atoms with E-state index < -0.39 is 17.4 Å². The van der Waals surface area contributed by atoms with Gasteiger partial charge in [0.15, 0.2) is 0 Å². The molecule has 1 amide bonds. The van der Waals surface area contributed by atoms with Crippen LogP contribution in [0.3, 0.4) is 0 Å². The predicted octanol–water partition coefficient (Wildman–Crippen LogP) is 6.43. The minimum Gasteiger partial charge on any atom is -0.336 e. The van der Waals surface area contributed by atoms with E-state index in [0.717, 1.165) is 24.4 Å². The molecule has 34 heavy (non-hydrogen) atoms. The van der Waals surface area contributed by atoms with Gasteiger partial charge < -0.3 is 5.32 Å². The first-order chi connectivity index (χ1) is 16.3. The van der Waals surface area contributed by atoms with Crippen molar-refractivity contribution in [1.29, 1.82) is 0 Å². The molecule has 0 saturated carbocycles.